The van der Waals surface area contributed by atoms with Crippen LogP contribution in [0.4, 0.5) is 15.9 Å². The molecule has 1 aromatic heterocycles. The van der Waals surface area contributed by atoms with Gasteiger partial charge in [-0.25, -0.2) is 14.4 Å². The molecule has 0 spiro atoms. The zero-order chi connectivity index (χ0) is 29.0. The zero-order valence-corrected chi connectivity index (χ0v) is 23.8. The van der Waals surface area contributed by atoms with Crippen LogP contribution in [0.2, 0.25) is 5.02 Å². The Kier molecular flexibility index (Phi) is 9.39. The number of nitrogens with zero attached hydrogens (tertiary/aromatic N) is 5. The number of carbonyl (C=O) groups excluding carboxylic acids is 2. The first-order chi connectivity index (χ1) is 19.0. The summed E-state index contributed by atoms with van der Waals surface area (Å²) in [6.45, 7) is 3.03. The highest BCUT2D eigenvalue weighted by molar-refractivity contribution is 6.31. The number of aliphatic hydroxyl groups is 1. The van der Waals surface area contributed by atoms with Crippen LogP contribution in [-0.4, -0.2) is 94.6 Å². The van der Waals surface area contributed by atoms with Crippen molar-refractivity contribution < 1.29 is 23.8 Å². The van der Waals surface area contributed by atoms with E-state index >= 15 is 0 Å². The molecule has 1 fully saturated rings. The first-order valence-corrected chi connectivity index (χ1v) is 13.4. The summed E-state index contributed by atoms with van der Waals surface area (Å²) in [5.74, 6) is 0.0952. The third-order valence-electron chi connectivity index (χ3n) is 6.77. The molecular weight excluding hydrogens is 539 g/mol. The van der Waals surface area contributed by atoms with E-state index in [9.17, 15) is 19.1 Å². The predicted octanol–water partition coefficient (Wildman–Crippen LogP) is 3.44. The number of rotatable bonds is 9. The van der Waals surface area contributed by atoms with Gasteiger partial charge in [-0.15, -0.1) is 0 Å². The van der Waals surface area contributed by atoms with Crippen molar-refractivity contribution in [3.8, 4) is 5.75 Å². The molecule has 2 aromatic carbocycles. The lowest BCUT2D eigenvalue weighted by molar-refractivity contribution is -0.141. The zero-order valence-electron chi connectivity index (χ0n) is 23.0. The van der Waals surface area contributed by atoms with Crippen LogP contribution < -0.4 is 10.1 Å². The van der Waals surface area contributed by atoms with Crippen LogP contribution in [-0.2, 0) is 16.1 Å². The molecule has 2 heterocycles. The number of anilines is 2. The van der Waals surface area contributed by atoms with Gasteiger partial charge in [0.1, 0.15) is 30.1 Å². The SMILES string of the molecule is CC(O)C(=O)N1CCC(Oc2cc3ncnc(Nc4cccc(Cl)c4F)c3cc2CN(C)CC(=O)N(C)C)CC1. The molecule has 1 aliphatic heterocycles. The highest BCUT2D eigenvalue weighted by atomic mass is 35.5. The van der Waals surface area contributed by atoms with Crippen LogP contribution in [0, 0.1) is 5.82 Å². The summed E-state index contributed by atoms with van der Waals surface area (Å²) in [7, 11) is 5.26. The fourth-order valence-electron chi connectivity index (χ4n) is 4.55. The predicted molar refractivity (Wildman–Crippen MR) is 151 cm³/mol. The van der Waals surface area contributed by atoms with Gasteiger partial charge in [0.05, 0.1) is 22.8 Å². The molecule has 10 nitrogen and oxygen atoms in total. The van der Waals surface area contributed by atoms with E-state index in [2.05, 4.69) is 15.3 Å². The van der Waals surface area contributed by atoms with Gasteiger partial charge in [0.15, 0.2) is 5.82 Å². The Balaban J connectivity index is 1.64. The first-order valence-electron chi connectivity index (χ1n) is 13.0. The van der Waals surface area contributed by atoms with Gasteiger partial charge < -0.3 is 25.0 Å². The second-order valence-corrected chi connectivity index (χ2v) is 10.6. The van der Waals surface area contributed by atoms with E-state index in [4.69, 9.17) is 16.3 Å². The van der Waals surface area contributed by atoms with Crippen molar-refractivity contribution in [2.24, 2.45) is 0 Å². The van der Waals surface area contributed by atoms with Gasteiger partial charge in [-0.3, -0.25) is 14.5 Å². The van der Waals surface area contributed by atoms with Crippen molar-refractivity contribution in [1.29, 1.82) is 0 Å². The minimum Gasteiger partial charge on any atom is -0.490 e. The number of likely N-dealkylation sites (N-methyl/N-ethyl adjacent to an activating group) is 2. The molecule has 12 heteroatoms. The summed E-state index contributed by atoms with van der Waals surface area (Å²) in [4.78, 5) is 38.3. The van der Waals surface area contributed by atoms with Crippen molar-refractivity contribution in [3.05, 3.63) is 53.1 Å². The van der Waals surface area contributed by atoms with Gasteiger partial charge in [0.2, 0.25) is 5.91 Å². The fraction of sp³-hybridized carbons (Fsp3) is 0.429. The maximum Gasteiger partial charge on any atom is 0.251 e. The van der Waals surface area contributed by atoms with Crippen molar-refractivity contribution in [1.82, 2.24) is 24.7 Å². The van der Waals surface area contributed by atoms with Gasteiger partial charge in [-0.05, 0) is 32.2 Å². The molecular formula is C28H34ClFN6O4. The van der Waals surface area contributed by atoms with E-state index in [0.717, 1.165) is 5.56 Å². The molecule has 2 amide bonds. The number of nitrogens with one attached hydrogen (secondary N) is 1. The third-order valence-corrected chi connectivity index (χ3v) is 7.06. The number of fused-ring (bicyclic) bond motifs is 1. The van der Waals surface area contributed by atoms with Gasteiger partial charge in [0.25, 0.3) is 5.91 Å². The Morgan fingerprint density at radius 3 is 2.62 bits per heavy atom. The second-order valence-electron chi connectivity index (χ2n) is 10.2. The standard InChI is InChI=1S/C28H34ClFN6O4/c1-17(37)28(39)36-10-8-19(9-11-36)40-24-13-23-20(12-18(24)14-35(4)15-25(38)34(2)3)27(32-16-31-23)33-22-7-5-6-21(29)26(22)30/h5-7,12-13,16-17,19,37H,8-11,14-15H2,1-4H3,(H,31,32,33). The Bertz CT molecular complexity index is 1380. The molecule has 1 unspecified atom stereocenters. The van der Waals surface area contributed by atoms with Crippen LogP contribution in [0.3, 0.4) is 0 Å². The molecule has 1 aliphatic rings. The molecule has 4 rings (SSSR count). The first kappa shape index (κ1) is 29.4. The van der Waals surface area contributed by atoms with E-state index in [0.29, 0.717) is 54.9 Å². The maximum atomic E-state index is 14.6. The third kappa shape index (κ3) is 6.96. The van der Waals surface area contributed by atoms with Crippen LogP contribution in [0.25, 0.3) is 10.9 Å². The average molecular weight is 573 g/mol. The number of aromatic nitrogens is 2. The quantitative estimate of drug-likeness (QED) is 0.401. The number of piperidine rings is 1. The van der Waals surface area contributed by atoms with Crippen LogP contribution in [0.15, 0.2) is 36.7 Å². The van der Waals surface area contributed by atoms with E-state index < -0.39 is 11.9 Å². The molecule has 1 saturated heterocycles. The molecule has 1 atom stereocenters. The molecule has 0 radical (unpaired) electrons. The average Bonchev–Trinajstić information content (AvgIpc) is 2.91. The van der Waals surface area contributed by atoms with Gasteiger partial charge in [-0.1, -0.05) is 17.7 Å². The number of likely N-dealkylation sites (tertiary alicyclic amines) is 1. The van der Waals surface area contributed by atoms with Gasteiger partial charge in [-0.2, -0.15) is 0 Å². The lowest BCUT2D eigenvalue weighted by atomic mass is 10.1. The number of amides is 2. The molecule has 0 aliphatic carbocycles. The van der Waals surface area contributed by atoms with E-state index in [1.54, 1.807) is 31.1 Å². The largest absolute Gasteiger partial charge is 0.490 e. The highest BCUT2D eigenvalue weighted by Crippen LogP contribution is 2.33. The maximum absolute atomic E-state index is 14.6. The summed E-state index contributed by atoms with van der Waals surface area (Å²) in [6, 6.07) is 8.39. The monoisotopic (exact) mass is 572 g/mol. The van der Waals surface area contributed by atoms with E-state index in [1.807, 2.05) is 24.1 Å². The molecule has 3 aromatic rings. The number of aliphatic hydroxyl groups excluding tert-OH is 1. The van der Waals surface area contributed by atoms with Gasteiger partial charge >= 0.3 is 0 Å². The summed E-state index contributed by atoms with van der Waals surface area (Å²) in [5, 5.41) is 13.3. The minimum atomic E-state index is -1.03. The number of carbonyl (C=O) groups is 2. The Labute approximate surface area is 237 Å². The molecule has 40 heavy (non-hydrogen) atoms. The molecule has 214 valence electrons. The molecule has 2 N–H and O–H groups in total. The topological polar surface area (TPSA) is 111 Å². The Morgan fingerprint density at radius 2 is 1.95 bits per heavy atom. The lowest BCUT2D eigenvalue weighted by Crippen LogP contribution is -2.45. The number of halogens is 2. The highest BCUT2D eigenvalue weighted by Gasteiger charge is 2.27. The Hall–Kier alpha value is -3.54. The van der Waals surface area contributed by atoms with Gasteiger partial charge in [0, 0.05) is 63.6 Å². The summed E-state index contributed by atoms with van der Waals surface area (Å²) in [5.41, 5.74) is 1.57. The van der Waals surface area contributed by atoms with E-state index in [-0.39, 0.29) is 35.2 Å². The number of hydrogen-bond acceptors (Lipinski definition) is 8. The Morgan fingerprint density at radius 1 is 1.23 bits per heavy atom. The van der Waals surface area contributed by atoms with E-state index in [1.165, 1.54) is 24.2 Å². The van der Waals surface area contributed by atoms with Crippen molar-refractivity contribution >= 4 is 45.8 Å². The van der Waals surface area contributed by atoms with Crippen LogP contribution >= 0.6 is 11.6 Å². The number of hydrogen-bond donors (Lipinski definition) is 2. The van der Waals surface area contributed by atoms with Crippen LogP contribution in [0.1, 0.15) is 25.3 Å². The van der Waals surface area contributed by atoms with Crippen molar-refractivity contribution in [3.63, 3.8) is 0 Å². The molecule has 0 bridgehead atoms. The lowest BCUT2D eigenvalue weighted by Gasteiger charge is -2.33. The van der Waals surface area contributed by atoms with Crippen LogP contribution in [0.5, 0.6) is 5.75 Å². The minimum absolute atomic E-state index is 0.00638. The summed E-state index contributed by atoms with van der Waals surface area (Å²) < 4.78 is 21.1. The normalized spacial score (nSPS) is 14.8. The molecule has 0 saturated carbocycles. The smallest absolute Gasteiger partial charge is 0.251 e. The summed E-state index contributed by atoms with van der Waals surface area (Å²) in [6.07, 6.45) is 1.42. The van der Waals surface area contributed by atoms with Crippen molar-refractivity contribution in [2.45, 2.75) is 38.5 Å². The number of benzene rings is 2. The fourth-order valence-corrected chi connectivity index (χ4v) is 4.72. The summed E-state index contributed by atoms with van der Waals surface area (Å²) >= 11 is 5.96. The number of ether oxygens (including phenoxy) is 1. The second kappa shape index (κ2) is 12.8. The van der Waals surface area contributed by atoms with Crippen molar-refractivity contribution in [2.75, 3.05) is 46.1 Å².